The van der Waals surface area contributed by atoms with Gasteiger partial charge < -0.3 is 5.32 Å². The third-order valence-electron chi connectivity index (χ3n) is 2.82. The number of rotatable bonds is 1. The Morgan fingerprint density at radius 2 is 1.63 bits per heavy atom. The molecule has 6 heteroatoms. The van der Waals surface area contributed by atoms with E-state index >= 15 is 0 Å². The number of carbonyl (C=O) groups is 1. The number of carbonyl (C=O) groups excluding carboxylic acids is 1. The van der Waals surface area contributed by atoms with Gasteiger partial charge in [0, 0.05) is 3.57 Å². The summed E-state index contributed by atoms with van der Waals surface area (Å²) in [6, 6.07) is 14.0. The van der Waals surface area contributed by atoms with Gasteiger partial charge in [-0.25, -0.2) is 4.79 Å². The second kappa shape index (κ2) is 4.71. The van der Waals surface area contributed by atoms with Gasteiger partial charge in [0.15, 0.2) is 0 Å². The third kappa shape index (κ3) is 2.02. The van der Waals surface area contributed by atoms with Crippen LogP contribution in [0.3, 0.4) is 0 Å². The molecule has 1 aliphatic rings. The van der Waals surface area contributed by atoms with Gasteiger partial charge in [0.1, 0.15) is 5.69 Å². The number of halogens is 1. The first-order valence-electron chi connectivity index (χ1n) is 5.62. The summed E-state index contributed by atoms with van der Waals surface area (Å²) in [5.74, 6) is 0. The first-order chi connectivity index (χ1) is 9.18. The summed E-state index contributed by atoms with van der Waals surface area (Å²) in [5, 5.41) is 15.1. The maximum absolute atomic E-state index is 12.1. The molecule has 0 bridgehead atoms. The molecule has 3 rings (SSSR count). The molecule has 5 nitrogen and oxygen atoms in total. The van der Waals surface area contributed by atoms with Gasteiger partial charge in [-0.15, -0.1) is 0 Å². The zero-order chi connectivity index (χ0) is 13.4. The third-order valence-corrected chi connectivity index (χ3v) is 3.74. The van der Waals surface area contributed by atoms with Crippen LogP contribution in [0.1, 0.15) is 0 Å². The van der Waals surface area contributed by atoms with E-state index in [9.17, 15) is 10.0 Å². The fourth-order valence-corrected chi connectivity index (χ4v) is 2.57. The molecule has 1 heterocycles. The molecule has 0 aliphatic carbocycles. The van der Waals surface area contributed by atoms with Crippen molar-refractivity contribution in [2.75, 3.05) is 15.5 Å². The average Bonchev–Trinajstić information content (AvgIpc) is 2.41. The molecule has 2 aromatic rings. The number of hydrogen-bond donors (Lipinski definition) is 2. The molecule has 96 valence electrons. The maximum Gasteiger partial charge on any atom is 0.347 e. The average molecular weight is 367 g/mol. The fraction of sp³-hybridized carbons (Fsp3) is 0. The first kappa shape index (κ1) is 12.2. The predicted octanol–water partition coefficient (Wildman–Crippen LogP) is 3.45. The smallest absolute Gasteiger partial charge is 0.304 e. The van der Waals surface area contributed by atoms with Crippen molar-refractivity contribution in [3.05, 3.63) is 52.1 Å². The van der Waals surface area contributed by atoms with Gasteiger partial charge in [-0.05, 0) is 46.9 Å². The summed E-state index contributed by atoms with van der Waals surface area (Å²) in [7, 11) is 0. The summed E-state index contributed by atoms with van der Waals surface area (Å²) >= 11 is 2.12. The molecule has 0 fully saturated rings. The molecular weight excluding hydrogens is 357 g/mol. The van der Waals surface area contributed by atoms with Crippen LogP contribution in [0, 0.1) is 3.57 Å². The number of hydrogen-bond acceptors (Lipinski definition) is 3. The number of urea groups is 1. The molecule has 0 spiro atoms. The maximum atomic E-state index is 12.1. The molecule has 0 saturated heterocycles. The van der Waals surface area contributed by atoms with Crippen molar-refractivity contribution in [3.8, 4) is 0 Å². The highest BCUT2D eigenvalue weighted by Gasteiger charge is 2.31. The zero-order valence-corrected chi connectivity index (χ0v) is 11.9. The number of nitrogens with one attached hydrogen (secondary N) is 1. The van der Waals surface area contributed by atoms with Crippen molar-refractivity contribution < 1.29 is 10.0 Å². The van der Waals surface area contributed by atoms with Gasteiger partial charge in [-0.3, -0.25) is 5.21 Å². The molecule has 0 atom stereocenters. The van der Waals surface area contributed by atoms with Crippen molar-refractivity contribution in [2.45, 2.75) is 0 Å². The van der Waals surface area contributed by atoms with Crippen LogP contribution >= 0.6 is 22.6 Å². The highest BCUT2D eigenvalue weighted by molar-refractivity contribution is 14.1. The largest absolute Gasteiger partial charge is 0.347 e. The van der Waals surface area contributed by atoms with E-state index in [0.717, 1.165) is 8.74 Å². The van der Waals surface area contributed by atoms with Crippen LogP contribution in [-0.4, -0.2) is 11.2 Å². The van der Waals surface area contributed by atoms with Gasteiger partial charge in [-0.2, -0.15) is 10.2 Å². The minimum absolute atomic E-state index is 0.398. The molecule has 1 aliphatic heterocycles. The van der Waals surface area contributed by atoms with Crippen molar-refractivity contribution in [2.24, 2.45) is 0 Å². The highest BCUT2D eigenvalue weighted by atomic mass is 127. The molecule has 0 unspecified atom stereocenters. The van der Waals surface area contributed by atoms with Gasteiger partial charge >= 0.3 is 6.03 Å². The van der Waals surface area contributed by atoms with Crippen LogP contribution in [-0.2, 0) is 0 Å². The second-order valence-corrected chi connectivity index (χ2v) is 5.16. The highest BCUT2D eigenvalue weighted by Crippen LogP contribution is 2.34. The Hall–Kier alpha value is -1.80. The van der Waals surface area contributed by atoms with E-state index in [-0.39, 0.29) is 0 Å². The molecule has 0 radical (unpaired) electrons. The van der Waals surface area contributed by atoms with Crippen LogP contribution in [0.2, 0.25) is 0 Å². The Bertz CT molecular complexity index is 647. The summed E-state index contributed by atoms with van der Waals surface area (Å²) in [6.07, 6.45) is 0. The molecule has 2 aromatic carbocycles. The van der Waals surface area contributed by atoms with Crippen LogP contribution in [0.25, 0.3) is 0 Å². The molecule has 2 amide bonds. The van der Waals surface area contributed by atoms with Crippen LogP contribution in [0.4, 0.5) is 21.9 Å². The Morgan fingerprint density at radius 3 is 2.37 bits per heavy atom. The van der Waals surface area contributed by atoms with Crippen molar-refractivity contribution >= 4 is 45.7 Å². The van der Waals surface area contributed by atoms with E-state index in [0.29, 0.717) is 17.1 Å². The van der Waals surface area contributed by atoms with E-state index in [1.807, 2.05) is 18.2 Å². The molecular formula is C13H10IN3O2. The van der Waals surface area contributed by atoms with Crippen molar-refractivity contribution in [3.63, 3.8) is 0 Å². The fourth-order valence-electron chi connectivity index (χ4n) is 1.95. The summed E-state index contributed by atoms with van der Waals surface area (Å²) in [4.78, 5) is 12.1. The van der Waals surface area contributed by atoms with E-state index in [1.165, 1.54) is 5.01 Å². The van der Waals surface area contributed by atoms with Gasteiger partial charge in [0.05, 0.1) is 11.4 Å². The normalized spacial score (nSPS) is 14.1. The lowest BCUT2D eigenvalue weighted by Gasteiger charge is -2.36. The Labute approximate surface area is 123 Å². The second-order valence-electron chi connectivity index (χ2n) is 4.00. The molecule has 0 saturated carbocycles. The number of benzene rings is 2. The Morgan fingerprint density at radius 1 is 1.00 bits per heavy atom. The Kier molecular flexibility index (Phi) is 3.03. The minimum atomic E-state index is -0.398. The summed E-state index contributed by atoms with van der Waals surface area (Å²) in [6.45, 7) is 0. The molecule has 19 heavy (non-hydrogen) atoms. The standard InChI is InChI=1S/C13H10IN3O2/c14-9-5-1-3-7-11(9)16-13(18)15-10-6-2-4-8-12(10)17(16)19/h1-8,19H,(H,15,18). The van der Waals surface area contributed by atoms with Crippen LogP contribution in [0.5, 0.6) is 0 Å². The number of nitrogens with zero attached hydrogens (tertiary/aromatic N) is 2. The topological polar surface area (TPSA) is 55.8 Å². The number of hydrazine groups is 1. The van der Waals surface area contributed by atoms with Crippen molar-refractivity contribution in [1.82, 2.24) is 0 Å². The minimum Gasteiger partial charge on any atom is -0.304 e. The predicted molar refractivity (Wildman–Crippen MR) is 81.4 cm³/mol. The lowest BCUT2D eigenvalue weighted by molar-refractivity contribution is 0.221. The van der Waals surface area contributed by atoms with Gasteiger partial charge in [0.25, 0.3) is 0 Å². The SMILES string of the molecule is O=C1Nc2ccccc2N(O)N1c1ccccc1I. The number of anilines is 3. The van der Waals surface area contributed by atoms with Gasteiger partial charge in [0.2, 0.25) is 0 Å². The summed E-state index contributed by atoms with van der Waals surface area (Å²) < 4.78 is 0.869. The lowest BCUT2D eigenvalue weighted by atomic mass is 10.2. The van der Waals surface area contributed by atoms with E-state index in [4.69, 9.17) is 0 Å². The quantitative estimate of drug-likeness (QED) is 0.760. The van der Waals surface area contributed by atoms with E-state index < -0.39 is 6.03 Å². The summed E-state index contributed by atoms with van der Waals surface area (Å²) in [5.41, 5.74) is 1.73. The van der Waals surface area contributed by atoms with Crippen LogP contribution < -0.4 is 15.5 Å². The number of para-hydroxylation sites is 3. The lowest BCUT2D eigenvalue weighted by Crippen LogP contribution is -2.51. The van der Waals surface area contributed by atoms with Gasteiger partial charge in [-0.1, -0.05) is 24.3 Å². The van der Waals surface area contributed by atoms with Crippen molar-refractivity contribution in [1.29, 1.82) is 0 Å². The molecule has 0 aromatic heterocycles. The van der Waals surface area contributed by atoms with Crippen LogP contribution in [0.15, 0.2) is 48.5 Å². The zero-order valence-electron chi connectivity index (χ0n) is 9.75. The Balaban J connectivity index is 2.10. The first-order valence-corrected chi connectivity index (χ1v) is 6.70. The monoisotopic (exact) mass is 367 g/mol. The van der Waals surface area contributed by atoms with E-state index in [2.05, 4.69) is 27.9 Å². The van der Waals surface area contributed by atoms with E-state index in [1.54, 1.807) is 30.3 Å². The number of amides is 2. The molecule has 2 N–H and O–H groups in total. The number of fused-ring (bicyclic) bond motifs is 1.